The number of para-hydroxylation sites is 1. The van der Waals surface area contributed by atoms with Crippen LogP contribution in [-0.4, -0.2) is 44.7 Å². The molecule has 0 amide bonds. The van der Waals surface area contributed by atoms with Crippen molar-refractivity contribution in [2.24, 2.45) is 0 Å². The third kappa shape index (κ3) is 2.57. The fourth-order valence-electron chi connectivity index (χ4n) is 3.26. The molecule has 2 heterocycles. The molecule has 1 atom stereocenters. The number of aliphatic carboxylic acids is 2. The first-order chi connectivity index (χ1) is 10.6. The molecule has 0 radical (unpaired) electrons. The Hall–Kier alpha value is -2.34. The molecule has 1 aliphatic heterocycles. The van der Waals surface area contributed by atoms with Gasteiger partial charge >= 0.3 is 11.9 Å². The molecule has 6 nitrogen and oxygen atoms in total. The number of likely N-dealkylation sites (tertiary alicyclic amines) is 1. The maximum atomic E-state index is 11.8. The summed E-state index contributed by atoms with van der Waals surface area (Å²) in [7, 11) is 0. The maximum absolute atomic E-state index is 11.8. The molecular weight excluding hydrogens is 284 g/mol. The van der Waals surface area contributed by atoms with Crippen LogP contribution in [0.5, 0.6) is 0 Å². The first-order valence-corrected chi connectivity index (χ1v) is 7.34. The van der Waals surface area contributed by atoms with Crippen LogP contribution >= 0.6 is 0 Å². The number of hydrogen-bond donors (Lipinski definition) is 2. The summed E-state index contributed by atoms with van der Waals surface area (Å²) in [4.78, 5) is 24.8. The molecule has 2 aromatic rings. The molecule has 1 aromatic heterocycles. The van der Waals surface area contributed by atoms with Gasteiger partial charge in [0.05, 0.1) is 0 Å². The molecule has 22 heavy (non-hydrogen) atoms. The monoisotopic (exact) mass is 302 g/mol. The fraction of sp³-hybridized carbons (Fsp3) is 0.375. The number of rotatable bonds is 5. The van der Waals surface area contributed by atoms with Crippen LogP contribution in [0.15, 0.2) is 30.5 Å². The number of hydrogen-bond acceptors (Lipinski definition) is 3. The molecule has 0 aliphatic carbocycles. The van der Waals surface area contributed by atoms with Gasteiger partial charge in [-0.1, -0.05) is 18.2 Å². The highest BCUT2D eigenvalue weighted by molar-refractivity contribution is 5.90. The average molecular weight is 302 g/mol. The van der Waals surface area contributed by atoms with Crippen molar-refractivity contribution in [1.29, 1.82) is 0 Å². The molecule has 0 spiro atoms. The zero-order chi connectivity index (χ0) is 15.7. The van der Waals surface area contributed by atoms with Crippen molar-refractivity contribution in [1.82, 2.24) is 9.47 Å². The van der Waals surface area contributed by atoms with E-state index in [1.807, 2.05) is 29.2 Å². The quantitative estimate of drug-likeness (QED) is 0.882. The Labute approximate surface area is 127 Å². The predicted octanol–water partition coefficient (Wildman–Crippen LogP) is 1.95. The molecule has 0 saturated carbocycles. The van der Waals surface area contributed by atoms with E-state index in [4.69, 9.17) is 5.11 Å². The zero-order valence-electron chi connectivity index (χ0n) is 12.1. The molecule has 1 saturated heterocycles. The summed E-state index contributed by atoms with van der Waals surface area (Å²) in [6.45, 7) is 1.34. The fourth-order valence-corrected chi connectivity index (χ4v) is 3.26. The molecule has 1 fully saturated rings. The van der Waals surface area contributed by atoms with Gasteiger partial charge in [-0.3, -0.25) is 14.5 Å². The number of nitrogens with zero attached hydrogens (tertiary/aromatic N) is 2. The Morgan fingerprint density at radius 1 is 1.14 bits per heavy atom. The van der Waals surface area contributed by atoms with Crippen molar-refractivity contribution in [2.45, 2.75) is 25.4 Å². The second-order valence-corrected chi connectivity index (χ2v) is 5.61. The summed E-state index contributed by atoms with van der Waals surface area (Å²) in [6.07, 6.45) is 3.67. The molecule has 1 unspecified atom stereocenters. The van der Waals surface area contributed by atoms with Crippen molar-refractivity contribution < 1.29 is 19.8 Å². The van der Waals surface area contributed by atoms with Gasteiger partial charge in [-0.25, -0.2) is 0 Å². The topological polar surface area (TPSA) is 82.8 Å². The van der Waals surface area contributed by atoms with E-state index in [2.05, 4.69) is 0 Å². The molecule has 0 bridgehead atoms. The first-order valence-electron chi connectivity index (χ1n) is 7.34. The summed E-state index contributed by atoms with van der Waals surface area (Å²) in [5, 5.41) is 19.5. The summed E-state index contributed by atoms with van der Waals surface area (Å²) in [5.41, 5.74) is 1.43. The van der Waals surface area contributed by atoms with Crippen LogP contribution in [0.1, 0.15) is 24.4 Å². The highest BCUT2D eigenvalue weighted by Gasteiger charge is 2.32. The number of fused-ring (bicyclic) bond motifs is 1. The van der Waals surface area contributed by atoms with E-state index in [-0.39, 0.29) is 6.54 Å². The molecule has 1 aliphatic rings. The Bertz CT molecular complexity index is 716. The average Bonchev–Trinajstić information content (AvgIpc) is 3.09. The first kappa shape index (κ1) is 14.6. The van der Waals surface area contributed by atoms with E-state index in [0.29, 0.717) is 5.56 Å². The Morgan fingerprint density at radius 2 is 1.82 bits per heavy atom. The highest BCUT2D eigenvalue weighted by Crippen LogP contribution is 2.32. The van der Waals surface area contributed by atoms with Crippen molar-refractivity contribution in [2.75, 3.05) is 13.1 Å². The summed E-state index contributed by atoms with van der Waals surface area (Å²) >= 11 is 0. The van der Waals surface area contributed by atoms with Crippen LogP contribution in [-0.2, 0) is 16.1 Å². The van der Waals surface area contributed by atoms with Gasteiger partial charge in [0.15, 0.2) is 0 Å². The lowest BCUT2D eigenvalue weighted by molar-refractivity contribution is -0.143. The maximum Gasteiger partial charge on any atom is 0.325 e. The van der Waals surface area contributed by atoms with Crippen molar-refractivity contribution >= 4 is 22.8 Å². The zero-order valence-corrected chi connectivity index (χ0v) is 12.1. The summed E-state index contributed by atoms with van der Waals surface area (Å²) in [6, 6.07) is 6.64. The van der Waals surface area contributed by atoms with Crippen LogP contribution in [0.3, 0.4) is 0 Å². The third-order valence-electron chi connectivity index (χ3n) is 4.16. The van der Waals surface area contributed by atoms with Crippen molar-refractivity contribution in [3.8, 4) is 0 Å². The van der Waals surface area contributed by atoms with Crippen LogP contribution < -0.4 is 0 Å². The molecule has 2 N–H and O–H groups in total. The smallest absolute Gasteiger partial charge is 0.325 e. The van der Waals surface area contributed by atoms with Gasteiger partial charge in [-0.15, -0.1) is 0 Å². The SMILES string of the molecule is O=C(O)Cn1cc(C(C(=O)O)N2CCCC2)c2ccccc21. The third-order valence-corrected chi connectivity index (χ3v) is 4.16. The highest BCUT2D eigenvalue weighted by atomic mass is 16.4. The van der Waals surface area contributed by atoms with E-state index in [1.165, 1.54) is 0 Å². The van der Waals surface area contributed by atoms with E-state index in [0.717, 1.165) is 36.8 Å². The van der Waals surface area contributed by atoms with E-state index < -0.39 is 18.0 Å². The lowest BCUT2D eigenvalue weighted by atomic mass is 10.0. The van der Waals surface area contributed by atoms with Crippen LogP contribution in [0.2, 0.25) is 0 Å². The minimum atomic E-state index is -0.944. The molecule has 116 valence electrons. The number of carboxylic acids is 2. The normalized spacial score (nSPS) is 16.9. The molecule has 1 aromatic carbocycles. The number of carbonyl (C=O) groups is 2. The van der Waals surface area contributed by atoms with Gasteiger partial charge in [0.2, 0.25) is 0 Å². The lowest BCUT2D eigenvalue weighted by Gasteiger charge is -2.23. The van der Waals surface area contributed by atoms with E-state index >= 15 is 0 Å². The van der Waals surface area contributed by atoms with Gasteiger partial charge in [0.1, 0.15) is 12.6 Å². The summed E-state index contributed by atoms with van der Waals surface area (Å²) < 4.78 is 1.61. The predicted molar refractivity (Wildman–Crippen MR) is 80.8 cm³/mol. The van der Waals surface area contributed by atoms with Crippen LogP contribution in [0.4, 0.5) is 0 Å². The lowest BCUT2D eigenvalue weighted by Crippen LogP contribution is -2.31. The number of benzene rings is 1. The molecular formula is C16H18N2O4. The number of carboxylic acid groups (broad SMARTS) is 2. The minimum absolute atomic E-state index is 0.174. The molecule has 3 rings (SSSR count). The Balaban J connectivity index is 2.11. The largest absolute Gasteiger partial charge is 0.480 e. The molecule has 6 heteroatoms. The van der Waals surface area contributed by atoms with Gasteiger partial charge in [0, 0.05) is 22.7 Å². The Morgan fingerprint density at radius 3 is 2.45 bits per heavy atom. The van der Waals surface area contributed by atoms with Crippen LogP contribution in [0, 0.1) is 0 Å². The van der Waals surface area contributed by atoms with Gasteiger partial charge in [-0.05, 0) is 32.0 Å². The second kappa shape index (κ2) is 5.81. The minimum Gasteiger partial charge on any atom is -0.480 e. The van der Waals surface area contributed by atoms with Crippen molar-refractivity contribution in [3.05, 3.63) is 36.0 Å². The van der Waals surface area contributed by atoms with Crippen molar-refractivity contribution in [3.63, 3.8) is 0 Å². The summed E-state index contributed by atoms with van der Waals surface area (Å²) in [5.74, 6) is -1.83. The van der Waals surface area contributed by atoms with Gasteiger partial charge < -0.3 is 14.8 Å². The second-order valence-electron chi connectivity index (χ2n) is 5.61. The number of aromatic nitrogens is 1. The van der Waals surface area contributed by atoms with Crippen LogP contribution in [0.25, 0.3) is 10.9 Å². The van der Waals surface area contributed by atoms with Gasteiger partial charge in [0.25, 0.3) is 0 Å². The van der Waals surface area contributed by atoms with E-state index in [9.17, 15) is 14.7 Å². The Kier molecular flexibility index (Phi) is 3.85. The van der Waals surface area contributed by atoms with E-state index in [1.54, 1.807) is 10.8 Å². The van der Waals surface area contributed by atoms with Gasteiger partial charge in [-0.2, -0.15) is 0 Å². The standard InChI is InChI=1S/C16H18N2O4/c19-14(20)10-18-9-12(11-5-1-2-6-13(11)18)15(16(21)22)17-7-3-4-8-17/h1-2,5-6,9,15H,3-4,7-8,10H2,(H,19,20)(H,21,22).